The molecular weight excluding hydrogens is 140 g/mol. The predicted molar refractivity (Wildman–Crippen MR) is 45.9 cm³/mol. The molecule has 0 aliphatic rings. The molecule has 0 aromatic heterocycles. The van der Waals surface area contributed by atoms with Crippen molar-refractivity contribution in [2.45, 2.75) is 13.0 Å². The molecule has 1 aromatic carbocycles. The third-order valence-electron chi connectivity index (χ3n) is 1.59. The third-order valence-corrected chi connectivity index (χ3v) is 1.59. The van der Waals surface area contributed by atoms with E-state index in [1.54, 1.807) is 25.1 Å². The van der Waals surface area contributed by atoms with Gasteiger partial charge in [-0.3, -0.25) is 0 Å². The molecular formula is C8H12N2O. The lowest BCUT2D eigenvalue weighted by atomic mass is 10.1. The Kier molecular flexibility index (Phi) is 2.01. The van der Waals surface area contributed by atoms with Crippen LogP contribution < -0.4 is 11.5 Å². The normalized spacial score (nSPS) is 12.9. The van der Waals surface area contributed by atoms with Gasteiger partial charge in [0.1, 0.15) is 0 Å². The molecule has 1 atom stereocenters. The van der Waals surface area contributed by atoms with E-state index >= 15 is 0 Å². The van der Waals surface area contributed by atoms with Gasteiger partial charge < -0.3 is 16.6 Å². The molecule has 0 aliphatic heterocycles. The number of nitrogens with two attached hydrogens (primary N) is 2. The molecule has 11 heavy (non-hydrogen) atoms. The molecule has 0 saturated heterocycles. The molecule has 0 amide bonds. The third kappa shape index (κ3) is 1.62. The molecule has 0 bridgehead atoms. The Morgan fingerprint density at radius 3 is 2.36 bits per heavy atom. The van der Waals surface area contributed by atoms with Crippen molar-refractivity contribution in [2.75, 3.05) is 11.5 Å². The van der Waals surface area contributed by atoms with Crippen LogP contribution in [-0.4, -0.2) is 5.11 Å². The van der Waals surface area contributed by atoms with Gasteiger partial charge in [-0.2, -0.15) is 0 Å². The quantitative estimate of drug-likeness (QED) is 0.523. The number of hydrogen-bond donors (Lipinski definition) is 3. The second-order valence-corrected chi connectivity index (χ2v) is 2.56. The molecule has 0 radical (unpaired) electrons. The highest BCUT2D eigenvalue weighted by Gasteiger charge is 2.01. The molecule has 3 nitrogen and oxygen atoms in total. The summed E-state index contributed by atoms with van der Waals surface area (Å²) in [6, 6.07) is 5.13. The standard InChI is InChI=1S/C8H12N2O/c1-5(11)6-2-3-7(9)8(10)4-6/h2-5,11H,9-10H2,1H3/t5-/m0/s1. The average Bonchev–Trinajstić information content (AvgIpc) is 1.94. The second kappa shape index (κ2) is 2.80. The lowest BCUT2D eigenvalue weighted by Crippen LogP contribution is -1.97. The summed E-state index contributed by atoms with van der Waals surface area (Å²) >= 11 is 0. The van der Waals surface area contributed by atoms with Gasteiger partial charge in [0, 0.05) is 0 Å². The maximum atomic E-state index is 9.14. The minimum absolute atomic E-state index is 0.488. The highest BCUT2D eigenvalue weighted by atomic mass is 16.3. The first-order chi connectivity index (χ1) is 5.11. The minimum atomic E-state index is -0.488. The van der Waals surface area contributed by atoms with Crippen molar-refractivity contribution < 1.29 is 5.11 Å². The summed E-state index contributed by atoms with van der Waals surface area (Å²) in [5.74, 6) is 0. The van der Waals surface area contributed by atoms with E-state index in [-0.39, 0.29) is 0 Å². The van der Waals surface area contributed by atoms with Crippen molar-refractivity contribution in [1.29, 1.82) is 0 Å². The van der Waals surface area contributed by atoms with Crippen molar-refractivity contribution in [3.05, 3.63) is 23.8 Å². The molecule has 0 spiro atoms. The Morgan fingerprint density at radius 1 is 1.27 bits per heavy atom. The zero-order valence-corrected chi connectivity index (χ0v) is 6.41. The summed E-state index contributed by atoms with van der Waals surface area (Å²) < 4.78 is 0. The van der Waals surface area contributed by atoms with Crippen molar-refractivity contribution in [1.82, 2.24) is 0 Å². The lowest BCUT2D eigenvalue weighted by molar-refractivity contribution is 0.199. The van der Waals surface area contributed by atoms with Gasteiger partial charge in [-0.1, -0.05) is 6.07 Å². The van der Waals surface area contributed by atoms with E-state index in [4.69, 9.17) is 16.6 Å². The smallest absolute Gasteiger partial charge is 0.0762 e. The van der Waals surface area contributed by atoms with Crippen LogP contribution in [0.25, 0.3) is 0 Å². The molecule has 1 rings (SSSR count). The largest absolute Gasteiger partial charge is 0.397 e. The number of nitrogen functional groups attached to an aromatic ring is 2. The Labute approximate surface area is 65.6 Å². The minimum Gasteiger partial charge on any atom is -0.397 e. The first-order valence-electron chi connectivity index (χ1n) is 3.44. The first-order valence-corrected chi connectivity index (χ1v) is 3.44. The molecule has 0 saturated carbocycles. The van der Waals surface area contributed by atoms with Gasteiger partial charge in [-0.25, -0.2) is 0 Å². The molecule has 0 aliphatic carbocycles. The van der Waals surface area contributed by atoms with Crippen LogP contribution in [0.4, 0.5) is 11.4 Å². The highest BCUT2D eigenvalue weighted by Crippen LogP contribution is 2.20. The van der Waals surface area contributed by atoms with Crippen molar-refractivity contribution >= 4 is 11.4 Å². The van der Waals surface area contributed by atoms with Gasteiger partial charge in [-0.05, 0) is 24.6 Å². The molecule has 0 fully saturated rings. The van der Waals surface area contributed by atoms with Gasteiger partial charge in [-0.15, -0.1) is 0 Å². The van der Waals surface area contributed by atoms with Crippen molar-refractivity contribution in [3.8, 4) is 0 Å². The number of aliphatic hydroxyl groups excluding tert-OH is 1. The van der Waals surface area contributed by atoms with Crippen LogP contribution in [0.2, 0.25) is 0 Å². The molecule has 3 heteroatoms. The summed E-state index contributed by atoms with van der Waals surface area (Å²) in [5.41, 5.74) is 12.9. The fourth-order valence-electron chi connectivity index (χ4n) is 0.853. The van der Waals surface area contributed by atoms with E-state index in [2.05, 4.69) is 0 Å². The van der Waals surface area contributed by atoms with E-state index in [0.29, 0.717) is 11.4 Å². The van der Waals surface area contributed by atoms with Crippen LogP contribution in [0, 0.1) is 0 Å². The predicted octanol–water partition coefficient (Wildman–Crippen LogP) is 0.904. The van der Waals surface area contributed by atoms with Gasteiger partial charge in [0.05, 0.1) is 17.5 Å². The number of rotatable bonds is 1. The number of aliphatic hydroxyl groups is 1. The fourth-order valence-corrected chi connectivity index (χ4v) is 0.853. The Balaban J connectivity index is 3.05. The van der Waals surface area contributed by atoms with E-state index < -0.39 is 6.10 Å². The Hall–Kier alpha value is -1.22. The van der Waals surface area contributed by atoms with Gasteiger partial charge in [0.2, 0.25) is 0 Å². The van der Waals surface area contributed by atoms with E-state index in [1.165, 1.54) is 0 Å². The summed E-state index contributed by atoms with van der Waals surface area (Å²) in [7, 11) is 0. The SMILES string of the molecule is C[C@H](O)c1ccc(N)c(N)c1. The maximum Gasteiger partial charge on any atom is 0.0762 e. The lowest BCUT2D eigenvalue weighted by Gasteiger charge is -2.06. The van der Waals surface area contributed by atoms with Crippen LogP contribution in [0.15, 0.2) is 18.2 Å². The molecule has 0 unspecified atom stereocenters. The maximum absolute atomic E-state index is 9.14. The fraction of sp³-hybridized carbons (Fsp3) is 0.250. The highest BCUT2D eigenvalue weighted by molar-refractivity contribution is 5.64. The van der Waals surface area contributed by atoms with Crippen molar-refractivity contribution in [2.24, 2.45) is 0 Å². The first kappa shape index (κ1) is 7.88. The number of hydrogen-bond acceptors (Lipinski definition) is 3. The summed E-state index contributed by atoms with van der Waals surface area (Å²) in [4.78, 5) is 0. The number of benzene rings is 1. The Morgan fingerprint density at radius 2 is 1.91 bits per heavy atom. The molecule has 60 valence electrons. The monoisotopic (exact) mass is 152 g/mol. The van der Waals surface area contributed by atoms with Crippen LogP contribution in [-0.2, 0) is 0 Å². The molecule has 5 N–H and O–H groups in total. The van der Waals surface area contributed by atoms with Gasteiger partial charge >= 0.3 is 0 Å². The Bertz CT molecular complexity index is 258. The van der Waals surface area contributed by atoms with Crippen LogP contribution in [0.1, 0.15) is 18.6 Å². The number of anilines is 2. The summed E-state index contributed by atoms with van der Waals surface area (Å²) in [5, 5.41) is 9.14. The topological polar surface area (TPSA) is 72.3 Å². The molecule has 0 heterocycles. The van der Waals surface area contributed by atoms with Crippen LogP contribution >= 0.6 is 0 Å². The van der Waals surface area contributed by atoms with Gasteiger partial charge in [0.15, 0.2) is 0 Å². The zero-order chi connectivity index (χ0) is 8.43. The average molecular weight is 152 g/mol. The van der Waals surface area contributed by atoms with Gasteiger partial charge in [0.25, 0.3) is 0 Å². The second-order valence-electron chi connectivity index (χ2n) is 2.56. The van der Waals surface area contributed by atoms with Crippen molar-refractivity contribution in [3.63, 3.8) is 0 Å². The van der Waals surface area contributed by atoms with Crippen LogP contribution in [0.5, 0.6) is 0 Å². The molecule has 1 aromatic rings. The zero-order valence-electron chi connectivity index (χ0n) is 6.41. The summed E-state index contributed by atoms with van der Waals surface area (Å²) in [6.07, 6.45) is -0.488. The van der Waals surface area contributed by atoms with Crippen LogP contribution in [0.3, 0.4) is 0 Å². The van der Waals surface area contributed by atoms with E-state index in [0.717, 1.165) is 5.56 Å². The van der Waals surface area contributed by atoms with E-state index in [1.807, 2.05) is 0 Å². The summed E-state index contributed by atoms with van der Waals surface area (Å²) in [6.45, 7) is 1.69. The van der Waals surface area contributed by atoms with E-state index in [9.17, 15) is 0 Å².